The molecule has 0 aliphatic carbocycles. The van der Waals surface area contributed by atoms with Crippen molar-refractivity contribution in [3.63, 3.8) is 0 Å². The second-order valence-corrected chi connectivity index (χ2v) is 8.11. The summed E-state index contributed by atoms with van der Waals surface area (Å²) in [5, 5.41) is 1.26. The Labute approximate surface area is 165 Å². The molecule has 26 heavy (non-hydrogen) atoms. The van der Waals surface area contributed by atoms with Crippen LogP contribution in [0.25, 0.3) is 10.9 Å². The van der Waals surface area contributed by atoms with E-state index < -0.39 is 0 Å². The molecule has 1 nitrogen and oxygen atoms in total. The van der Waals surface area contributed by atoms with Crippen molar-refractivity contribution in [2.45, 2.75) is 17.2 Å². The number of para-hydroxylation sites is 1. The summed E-state index contributed by atoms with van der Waals surface area (Å²) in [6.45, 7) is 0.736. The van der Waals surface area contributed by atoms with Gasteiger partial charge in [-0.25, -0.2) is 4.39 Å². The van der Waals surface area contributed by atoms with Crippen LogP contribution in [0.5, 0.6) is 0 Å². The number of hydrogen-bond donors (Lipinski definition) is 0. The first-order chi connectivity index (χ1) is 12.7. The first kappa shape index (κ1) is 17.4. The fourth-order valence-corrected chi connectivity index (χ4v) is 4.30. The van der Waals surface area contributed by atoms with Crippen molar-refractivity contribution in [2.75, 3.05) is 0 Å². The number of halogens is 2. The van der Waals surface area contributed by atoms with Crippen molar-refractivity contribution in [3.05, 3.63) is 100 Å². The number of rotatable bonds is 5. The van der Waals surface area contributed by atoms with Crippen molar-refractivity contribution in [3.8, 4) is 0 Å². The molecule has 0 amide bonds. The van der Waals surface area contributed by atoms with E-state index >= 15 is 0 Å². The minimum absolute atomic E-state index is 0.197. The monoisotopic (exact) mass is 425 g/mol. The molecule has 0 atom stereocenters. The van der Waals surface area contributed by atoms with Gasteiger partial charge in [0.1, 0.15) is 5.82 Å². The Morgan fingerprint density at radius 1 is 0.846 bits per heavy atom. The summed E-state index contributed by atoms with van der Waals surface area (Å²) in [5.74, 6) is 0.731. The SMILES string of the molecule is Fc1ccc(Cn2cc(SCc3ccc(Br)cc3)c3ccccc32)cc1. The third kappa shape index (κ3) is 3.87. The molecule has 4 heteroatoms. The topological polar surface area (TPSA) is 4.93 Å². The summed E-state index contributed by atoms with van der Waals surface area (Å²) in [4.78, 5) is 1.27. The average Bonchev–Trinajstić information content (AvgIpc) is 3.01. The fourth-order valence-electron chi connectivity index (χ4n) is 2.99. The molecule has 0 radical (unpaired) electrons. The Morgan fingerprint density at radius 2 is 1.54 bits per heavy atom. The van der Waals surface area contributed by atoms with Gasteiger partial charge in [-0.05, 0) is 41.5 Å². The van der Waals surface area contributed by atoms with E-state index in [2.05, 4.69) is 75.2 Å². The van der Waals surface area contributed by atoms with E-state index in [0.29, 0.717) is 0 Å². The zero-order valence-corrected chi connectivity index (χ0v) is 16.4. The lowest BCUT2D eigenvalue weighted by Crippen LogP contribution is -1.97. The predicted octanol–water partition coefficient (Wildman–Crippen LogP) is 6.88. The Balaban J connectivity index is 1.60. The predicted molar refractivity (Wildman–Crippen MR) is 111 cm³/mol. The summed E-state index contributed by atoms with van der Waals surface area (Å²) in [6.07, 6.45) is 2.21. The molecule has 0 N–H and O–H groups in total. The highest BCUT2D eigenvalue weighted by Crippen LogP contribution is 2.32. The maximum absolute atomic E-state index is 13.2. The molecule has 1 aromatic heterocycles. The molecule has 4 rings (SSSR count). The minimum Gasteiger partial charge on any atom is -0.342 e. The Bertz CT molecular complexity index is 1020. The van der Waals surface area contributed by atoms with E-state index in [1.807, 2.05) is 23.9 Å². The van der Waals surface area contributed by atoms with Crippen LogP contribution in [-0.2, 0) is 12.3 Å². The molecule has 3 aromatic carbocycles. The molecular formula is C22H17BrFNS. The first-order valence-corrected chi connectivity index (χ1v) is 10.2. The number of aromatic nitrogens is 1. The molecular weight excluding hydrogens is 409 g/mol. The van der Waals surface area contributed by atoms with E-state index in [4.69, 9.17) is 0 Å². The zero-order chi connectivity index (χ0) is 17.9. The Kier molecular flexibility index (Phi) is 5.14. The molecule has 0 saturated heterocycles. The van der Waals surface area contributed by atoms with Crippen LogP contribution in [0.1, 0.15) is 11.1 Å². The highest BCUT2D eigenvalue weighted by molar-refractivity contribution is 9.10. The second kappa shape index (κ2) is 7.68. The van der Waals surface area contributed by atoms with Gasteiger partial charge in [-0.1, -0.05) is 58.4 Å². The van der Waals surface area contributed by atoms with Crippen LogP contribution in [0.2, 0.25) is 0 Å². The molecule has 1 heterocycles. The van der Waals surface area contributed by atoms with Gasteiger partial charge in [-0.15, -0.1) is 11.8 Å². The summed E-state index contributed by atoms with van der Waals surface area (Å²) in [7, 11) is 0. The highest BCUT2D eigenvalue weighted by atomic mass is 79.9. The van der Waals surface area contributed by atoms with Crippen molar-refractivity contribution < 1.29 is 4.39 Å². The third-order valence-electron chi connectivity index (χ3n) is 4.33. The van der Waals surface area contributed by atoms with Gasteiger partial charge in [0.25, 0.3) is 0 Å². The van der Waals surface area contributed by atoms with Gasteiger partial charge in [0.15, 0.2) is 0 Å². The van der Waals surface area contributed by atoms with Crippen LogP contribution < -0.4 is 0 Å². The normalized spacial score (nSPS) is 11.2. The van der Waals surface area contributed by atoms with Crippen LogP contribution in [0.4, 0.5) is 4.39 Å². The smallest absolute Gasteiger partial charge is 0.123 e. The lowest BCUT2D eigenvalue weighted by molar-refractivity contribution is 0.626. The Morgan fingerprint density at radius 3 is 2.31 bits per heavy atom. The van der Waals surface area contributed by atoms with Crippen LogP contribution in [0.15, 0.2) is 88.4 Å². The number of hydrogen-bond acceptors (Lipinski definition) is 1. The van der Waals surface area contributed by atoms with E-state index in [1.54, 1.807) is 0 Å². The van der Waals surface area contributed by atoms with Gasteiger partial charge in [-0.3, -0.25) is 0 Å². The van der Waals surface area contributed by atoms with Crippen LogP contribution in [-0.4, -0.2) is 4.57 Å². The lowest BCUT2D eigenvalue weighted by atomic mass is 10.2. The average molecular weight is 426 g/mol. The Hall–Kier alpha value is -2.04. The van der Waals surface area contributed by atoms with Gasteiger partial charge in [-0.2, -0.15) is 0 Å². The molecule has 0 aliphatic rings. The minimum atomic E-state index is -0.197. The third-order valence-corrected chi connectivity index (χ3v) is 5.97. The summed E-state index contributed by atoms with van der Waals surface area (Å²) < 4.78 is 16.5. The van der Waals surface area contributed by atoms with Crippen molar-refractivity contribution in [2.24, 2.45) is 0 Å². The largest absolute Gasteiger partial charge is 0.342 e. The van der Waals surface area contributed by atoms with Crippen LogP contribution >= 0.6 is 27.7 Å². The molecule has 0 unspecified atom stereocenters. The van der Waals surface area contributed by atoms with E-state index in [9.17, 15) is 4.39 Å². The lowest BCUT2D eigenvalue weighted by Gasteiger charge is -2.05. The van der Waals surface area contributed by atoms with Crippen LogP contribution in [0, 0.1) is 5.82 Å². The maximum Gasteiger partial charge on any atom is 0.123 e. The number of thioether (sulfide) groups is 1. The van der Waals surface area contributed by atoms with Gasteiger partial charge in [0.05, 0.1) is 0 Å². The molecule has 0 saturated carbocycles. The van der Waals surface area contributed by atoms with Gasteiger partial charge in [0, 0.05) is 38.8 Å². The summed E-state index contributed by atoms with van der Waals surface area (Å²) in [6, 6.07) is 23.6. The van der Waals surface area contributed by atoms with Crippen molar-refractivity contribution in [1.82, 2.24) is 4.57 Å². The molecule has 0 spiro atoms. The van der Waals surface area contributed by atoms with E-state index in [1.165, 1.54) is 33.5 Å². The number of nitrogens with zero attached hydrogens (tertiary/aromatic N) is 1. The maximum atomic E-state index is 13.2. The fraction of sp³-hybridized carbons (Fsp3) is 0.0909. The number of benzene rings is 3. The highest BCUT2D eigenvalue weighted by Gasteiger charge is 2.09. The van der Waals surface area contributed by atoms with Crippen molar-refractivity contribution >= 4 is 38.6 Å². The van der Waals surface area contributed by atoms with Gasteiger partial charge < -0.3 is 4.57 Å². The van der Waals surface area contributed by atoms with Gasteiger partial charge in [0.2, 0.25) is 0 Å². The standard InChI is InChI=1S/C22H17BrFNS/c23-18-9-5-17(6-10-18)15-26-22-14-25(21-4-2-1-3-20(21)22)13-16-7-11-19(24)12-8-16/h1-12,14H,13,15H2. The van der Waals surface area contributed by atoms with E-state index in [-0.39, 0.29) is 5.82 Å². The quantitative estimate of drug-likeness (QED) is 0.315. The van der Waals surface area contributed by atoms with Gasteiger partial charge >= 0.3 is 0 Å². The van der Waals surface area contributed by atoms with Crippen LogP contribution in [0.3, 0.4) is 0 Å². The molecule has 0 fully saturated rings. The number of fused-ring (bicyclic) bond motifs is 1. The molecule has 4 aromatic rings. The zero-order valence-electron chi connectivity index (χ0n) is 14.0. The molecule has 0 aliphatic heterocycles. The first-order valence-electron chi connectivity index (χ1n) is 8.38. The molecule has 130 valence electrons. The van der Waals surface area contributed by atoms with Crippen molar-refractivity contribution in [1.29, 1.82) is 0 Å². The second-order valence-electron chi connectivity index (χ2n) is 6.18. The molecule has 0 bridgehead atoms. The summed E-state index contributed by atoms with van der Waals surface area (Å²) >= 11 is 5.33. The van der Waals surface area contributed by atoms with E-state index in [0.717, 1.165) is 22.3 Å². The summed E-state index contributed by atoms with van der Waals surface area (Å²) in [5.41, 5.74) is 3.60.